The molecule has 0 aliphatic rings. The molecular formula is C10H16O5. The largest absolute Gasteiger partial charge is 0.468 e. The monoisotopic (exact) mass is 216 g/mol. The van der Waals surface area contributed by atoms with E-state index in [1.165, 1.54) is 28.1 Å². The van der Waals surface area contributed by atoms with Gasteiger partial charge in [-0.1, -0.05) is 0 Å². The highest BCUT2D eigenvalue weighted by atomic mass is 16.5. The Morgan fingerprint density at radius 3 is 1.73 bits per heavy atom. The summed E-state index contributed by atoms with van der Waals surface area (Å²) in [4.78, 5) is 33.6. The lowest BCUT2D eigenvalue weighted by Gasteiger charge is -2.22. The van der Waals surface area contributed by atoms with Crippen molar-refractivity contribution in [3.05, 3.63) is 0 Å². The third kappa shape index (κ3) is 3.34. The molecule has 0 aliphatic carbocycles. The summed E-state index contributed by atoms with van der Waals surface area (Å²) >= 11 is 0. The molecule has 0 saturated carbocycles. The molecular weight excluding hydrogens is 200 g/mol. The number of carbonyl (C=O) groups excluding carboxylic acids is 3. The lowest BCUT2D eigenvalue weighted by Crippen LogP contribution is -2.38. The van der Waals surface area contributed by atoms with Crippen LogP contribution in [0.15, 0.2) is 0 Å². The van der Waals surface area contributed by atoms with E-state index in [9.17, 15) is 14.4 Å². The minimum Gasteiger partial charge on any atom is -0.468 e. The number of esters is 2. The van der Waals surface area contributed by atoms with Gasteiger partial charge in [-0.15, -0.1) is 0 Å². The molecule has 0 aromatic heterocycles. The standard InChI is InChI=1S/C10H16O5/c1-7(11)5-6-10(2,8(12)14-3)9(13)15-4/h5-6H2,1-4H3. The second kappa shape index (κ2) is 5.48. The van der Waals surface area contributed by atoms with Gasteiger partial charge in [-0.2, -0.15) is 0 Å². The quantitative estimate of drug-likeness (QED) is 0.500. The van der Waals surface area contributed by atoms with Gasteiger partial charge in [0.05, 0.1) is 14.2 Å². The Balaban J connectivity index is 4.77. The third-order valence-electron chi connectivity index (χ3n) is 2.25. The van der Waals surface area contributed by atoms with Crippen molar-refractivity contribution in [1.82, 2.24) is 0 Å². The predicted molar refractivity (Wildman–Crippen MR) is 52.1 cm³/mol. The minimum atomic E-state index is -1.39. The van der Waals surface area contributed by atoms with Gasteiger partial charge in [0.25, 0.3) is 0 Å². The van der Waals surface area contributed by atoms with E-state index < -0.39 is 17.4 Å². The summed E-state index contributed by atoms with van der Waals surface area (Å²) in [5.41, 5.74) is -1.39. The number of hydrogen-bond acceptors (Lipinski definition) is 5. The third-order valence-corrected chi connectivity index (χ3v) is 2.25. The molecule has 0 N–H and O–H groups in total. The molecule has 15 heavy (non-hydrogen) atoms. The van der Waals surface area contributed by atoms with Crippen LogP contribution in [0.2, 0.25) is 0 Å². The van der Waals surface area contributed by atoms with Crippen LogP contribution in [0.25, 0.3) is 0 Å². The van der Waals surface area contributed by atoms with Crippen LogP contribution in [0.4, 0.5) is 0 Å². The van der Waals surface area contributed by atoms with Crippen molar-refractivity contribution in [2.45, 2.75) is 26.7 Å². The number of methoxy groups -OCH3 is 2. The van der Waals surface area contributed by atoms with E-state index in [4.69, 9.17) is 0 Å². The van der Waals surface area contributed by atoms with Gasteiger partial charge in [0.1, 0.15) is 5.78 Å². The summed E-state index contributed by atoms with van der Waals surface area (Å²) in [5.74, 6) is -1.46. The van der Waals surface area contributed by atoms with Gasteiger partial charge in [-0.25, -0.2) is 0 Å². The Hall–Kier alpha value is -1.39. The molecule has 5 heteroatoms. The van der Waals surface area contributed by atoms with E-state index in [2.05, 4.69) is 9.47 Å². The van der Waals surface area contributed by atoms with Crippen molar-refractivity contribution < 1.29 is 23.9 Å². The average molecular weight is 216 g/mol. The Labute approximate surface area is 88.7 Å². The molecule has 0 atom stereocenters. The van der Waals surface area contributed by atoms with Crippen molar-refractivity contribution >= 4 is 17.7 Å². The second-order valence-corrected chi connectivity index (χ2v) is 3.52. The highest BCUT2D eigenvalue weighted by Crippen LogP contribution is 2.26. The van der Waals surface area contributed by atoms with E-state index in [1.807, 2.05) is 0 Å². The van der Waals surface area contributed by atoms with Gasteiger partial charge < -0.3 is 14.3 Å². The van der Waals surface area contributed by atoms with Crippen molar-refractivity contribution in [3.63, 3.8) is 0 Å². The Kier molecular flexibility index (Phi) is 4.97. The first-order chi connectivity index (χ1) is 6.88. The van der Waals surface area contributed by atoms with E-state index in [0.29, 0.717) is 0 Å². The molecule has 0 unspecified atom stereocenters. The molecule has 0 radical (unpaired) electrons. The topological polar surface area (TPSA) is 69.7 Å². The molecule has 0 aromatic rings. The maximum Gasteiger partial charge on any atom is 0.322 e. The Morgan fingerprint density at radius 1 is 1.07 bits per heavy atom. The molecule has 0 fully saturated rings. The van der Waals surface area contributed by atoms with Crippen LogP contribution in [-0.2, 0) is 23.9 Å². The van der Waals surface area contributed by atoms with Gasteiger partial charge >= 0.3 is 11.9 Å². The van der Waals surface area contributed by atoms with Crippen LogP contribution >= 0.6 is 0 Å². The van der Waals surface area contributed by atoms with Crippen LogP contribution in [-0.4, -0.2) is 31.9 Å². The zero-order valence-corrected chi connectivity index (χ0v) is 9.46. The number of rotatable bonds is 5. The Bertz CT molecular complexity index is 253. The van der Waals surface area contributed by atoms with Crippen LogP contribution in [0.1, 0.15) is 26.7 Å². The average Bonchev–Trinajstić information content (AvgIpc) is 2.23. The van der Waals surface area contributed by atoms with E-state index in [-0.39, 0.29) is 18.6 Å². The maximum atomic E-state index is 11.4. The van der Waals surface area contributed by atoms with E-state index >= 15 is 0 Å². The normalized spacial score (nSPS) is 10.7. The molecule has 0 rings (SSSR count). The molecule has 0 amide bonds. The van der Waals surface area contributed by atoms with Crippen LogP contribution in [0.3, 0.4) is 0 Å². The minimum absolute atomic E-state index is 0.0889. The fraction of sp³-hybridized carbons (Fsp3) is 0.700. The van der Waals surface area contributed by atoms with Gasteiger partial charge in [0.2, 0.25) is 0 Å². The summed E-state index contributed by atoms with van der Waals surface area (Å²) in [6.45, 7) is 2.81. The number of carbonyl (C=O) groups is 3. The van der Waals surface area contributed by atoms with Crippen molar-refractivity contribution in [2.75, 3.05) is 14.2 Å². The Morgan fingerprint density at radius 2 is 1.47 bits per heavy atom. The van der Waals surface area contributed by atoms with Gasteiger partial charge in [0.15, 0.2) is 5.41 Å². The smallest absolute Gasteiger partial charge is 0.322 e. The number of Topliss-reactive ketones (excluding diaryl/α,β-unsaturated/α-hetero) is 1. The molecule has 0 spiro atoms. The lowest BCUT2D eigenvalue weighted by atomic mass is 9.85. The first-order valence-corrected chi connectivity index (χ1v) is 4.54. The molecule has 86 valence electrons. The summed E-state index contributed by atoms with van der Waals surface area (Å²) in [6.07, 6.45) is 0.238. The molecule has 0 bridgehead atoms. The van der Waals surface area contributed by atoms with Crippen LogP contribution in [0, 0.1) is 5.41 Å². The van der Waals surface area contributed by atoms with Gasteiger partial charge in [0, 0.05) is 6.42 Å². The fourth-order valence-corrected chi connectivity index (χ4v) is 1.16. The maximum absolute atomic E-state index is 11.4. The zero-order chi connectivity index (χ0) is 12.1. The second-order valence-electron chi connectivity index (χ2n) is 3.52. The first-order valence-electron chi connectivity index (χ1n) is 4.54. The number of ether oxygens (including phenoxy) is 2. The molecule has 0 aliphatic heterocycles. The molecule has 0 saturated heterocycles. The van der Waals surface area contributed by atoms with Crippen LogP contribution < -0.4 is 0 Å². The van der Waals surface area contributed by atoms with Gasteiger partial charge in [-0.05, 0) is 20.3 Å². The van der Waals surface area contributed by atoms with Gasteiger partial charge in [-0.3, -0.25) is 9.59 Å². The zero-order valence-electron chi connectivity index (χ0n) is 9.46. The van der Waals surface area contributed by atoms with Crippen molar-refractivity contribution in [1.29, 1.82) is 0 Å². The van der Waals surface area contributed by atoms with Crippen molar-refractivity contribution in [3.8, 4) is 0 Å². The van der Waals surface area contributed by atoms with E-state index in [0.717, 1.165) is 0 Å². The highest BCUT2D eigenvalue weighted by Gasteiger charge is 2.43. The fourth-order valence-electron chi connectivity index (χ4n) is 1.16. The molecule has 0 heterocycles. The highest BCUT2D eigenvalue weighted by molar-refractivity contribution is 5.99. The van der Waals surface area contributed by atoms with Crippen molar-refractivity contribution in [2.24, 2.45) is 5.41 Å². The van der Waals surface area contributed by atoms with Crippen LogP contribution in [0.5, 0.6) is 0 Å². The SMILES string of the molecule is COC(=O)C(C)(CCC(C)=O)C(=O)OC. The summed E-state index contributed by atoms with van der Waals surface area (Å²) in [5, 5.41) is 0. The predicted octanol–water partition coefficient (Wildman–Crippen LogP) is 0.708. The summed E-state index contributed by atoms with van der Waals surface area (Å²) < 4.78 is 9.04. The first kappa shape index (κ1) is 13.6. The molecule has 5 nitrogen and oxygen atoms in total. The van der Waals surface area contributed by atoms with E-state index in [1.54, 1.807) is 0 Å². The summed E-state index contributed by atoms with van der Waals surface area (Å²) in [7, 11) is 2.38. The molecule has 0 aromatic carbocycles. The number of ketones is 1. The summed E-state index contributed by atoms with van der Waals surface area (Å²) in [6, 6.07) is 0. The lowest BCUT2D eigenvalue weighted by molar-refractivity contribution is -0.168. The number of hydrogen-bond donors (Lipinski definition) is 0.